The van der Waals surface area contributed by atoms with Gasteiger partial charge in [-0.3, -0.25) is 4.90 Å². The summed E-state index contributed by atoms with van der Waals surface area (Å²) < 4.78 is 33.9. The first-order valence-corrected chi connectivity index (χ1v) is 9.49. The van der Waals surface area contributed by atoms with Gasteiger partial charge in [0.2, 0.25) is 0 Å². The van der Waals surface area contributed by atoms with Gasteiger partial charge in [0.1, 0.15) is 11.6 Å². The second kappa shape index (κ2) is 8.21. The highest BCUT2D eigenvalue weighted by Crippen LogP contribution is 2.31. The average Bonchev–Trinajstić information content (AvgIpc) is 2.68. The molecule has 1 aliphatic rings. The molecule has 3 aromatic carbocycles. The van der Waals surface area contributed by atoms with E-state index in [9.17, 15) is 8.78 Å². The molecule has 0 bridgehead atoms. The van der Waals surface area contributed by atoms with Crippen LogP contribution in [0.1, 0.15) is 16.7 Å². The van der Waals surface area contributed by atoms with Crippen molar-refractivity contribution in [3.8, 4) is 11.1 Å². The minimum absolute atomic E-state index is 0.133. The highest BCUT2D eigenvalue weighted by molar-refractivity contribution is 5.70. The lowest BCUT2D eigenvalue weighted by Crippen LogP contribution is -2.37. The van der Waals surface area contributed by atoms with Crippen LogP contribution in [-0.4, -0.2) is 24.6 Å². The van der Waals surface area contributed by atoms with Gasteiger partial charge in [0, 0.05) is 12.6 Å². The number of fused-ring (bicyclic) bond motifs is 3. The Morgan fingerprint density at radius 2 is 1.54 bits per heavy atom. The third kappa shape index (κ3) is 4.13. The van der Waals surface area contributed by atoms with E-state index in [1.165, 1.54) is 23.8 Å². The molecule has 0 saturated carbocycles. The van der Waals surface area contributed by atoms with Gasteiger partial charge in [-0.1, -0.05) is 42.5 Å². The minimum atomic E-state index is -0.291. The zero-order valence-corrected chi connectivity index (χ0v) is 15.9. The summed E-state index contributed by atoms with van der Waals surface area (Å²) in [5.74, 6) is -0.551. The largest absolute Gasteiger partial charge is 0.375 e. The van der Waals surface area contributed by atoms with Crippen LogP contribution < -0.4 is 0 Å². The predicted molar refractivity (Wildman–Crippen MR) is 107 cm³/mol. The normalized spacial score (nSPS) is 17.6. The van der Waals surface area contributed by atoms with Crippen molar-refractivity contribution in [1.29, 1.82) is 0 Å². The molecule has 4 rings (SSSR count). The Labute approximate surface area is 164 Å². The Morgan fingerprint density at radius 3 is 2.25 bits per heavy atom. The molecular weight excluding hydrogens is 356 g/mol. The summed E-state index contributed by atoms with van der Waals surface area (Å²) in [6.07, 6.45) is 0.831. The lowest BCUT2D eigenvalue weighted by molar-refractivity contribution is 0.0569. The van der Waals surface area contributed by atoms with Crippen molar-refractivity contribution in [2.24, 2.45) is 0 Å². The van der Waals surface area contributed by atoms with Crippen LogP contribution >= 0.6 is 0 Å². The van der Waals surface area contributed by atoms with Crippen molar-refractivity contribution in [3.05, 3.63) is 95.1 Å². The summed E-state index contributed by atoms with van der Waals surface area (Å²) in [6, 6.07) is 19.9. The molecule has 4 heteroatoms. The molecule has 0 radical (unpaired) electrons. The van der Waals surface area contributed by atoms with Gasteiger partial charge in [-0.05, 0) is 65.6 Å². The molecule has 144 valence electrons. The van der Waals surface area contributed by atoms with E-state index in [0.29, 0.717) is 19.8 Å². The minimum Gasteiger partial charge on any atom is -0.375 e. The third-order valence-electron chi connectivity index (χ3n) is 5.35. The zero-order chi connectivity index (χ0) is 19.5. The lowest BCUT2D eigenvalue weighted by Gasteiger charge is -2.30. The van der Waals surface area contributed by atoms with Gasteiger partial charge in [-0.25, -0.2) is 8.78 Å². The molecule has 2 nitrogen and oxygen atoms in total. The molecule has 1 heterocycles. The fourth-order valence-corrected chi connectivity index (χ4v) is 3.83. The molecule has 28 heavy (non-hydrogen) atoms. The number of likely N-dealkylation sites (N-methyl/N-ethyl adjacent to an activating group) is 1. The Morgan fingerprint density at radius 1 is 0.893 bits per heavy atom. The van der Waals surface area contributed by atoms with Gasteiger partial charge in [0.15, 0.2) is 0 Å². The zero-order valence-electron chi connectivity index (χ0n) is 15.9. The Hall–Kier alpha value is -2.56. The molecule has 0 fully saturated rings. The summed E-state index contributed by atoms with van der Waals surface area (Å²) in [5.41, 5.74) is 4.73. The summed E-state index contributed by atoms with van der Waals surface area (Å²) >= 11 is 0. The first-order chi connectivity index (χ1) is 13.6. The first-order valence-electron chi connectivity index (χ1n) is 9.49. The molecule has 1 aliphatic heterocycles. The molecule has 1 atom stereocenters. The van der Waals surface area contributed by atoms with Gasteiger partial charge < -0.3 is 4.74 Å². The van der Waals surface area contributed by atoms with Crippen LogP contribution in [0.5, 0.6) is 0 Å². The number of rotatable bonds is 2. The average molecular weight is 379 g/mol. The van der Waals surface area contributed by atoms with Gasteiger partial charge in [0.25, 0.3) is 0 Å². The fraction of sp³-hybridized carbons (Fsp3) is 0.250. The third-order valence-corrected chi connectivity index (χ3v) is 5.35. The first kappa shape index (κ1) is 18.8. The molecule has 0 N–H and O–H groups in total. The van der Waals surface area contributed by atoms with Crippen molar-refractivity contribution in [2.45, 2.75) is 25.6 Å². The van der Waals surface area contributed by atoms with Crippen molar-refractivity contribution >= 4 is 0 Å². The number of halogens is 2. The van der Waals surface area contributed by atoms with Crippen LogP contribution in [0.25, 0.3) is 11.1 Å². The van der Waals surface area contributed by atoms with E-state index in [4.69, 9.17) is 4.74 Å². The summed E-state index contributed by atoms with van der Waals surface area (Å²) in [4.78, 5) is 2.21. The van der Waals surface area contributed by atoms with Gasteiger partial charge in [-0.2, -0.15) is 0 Å². The van der Waals surface area contributed by atoms with Crippen molar-refractivity contribution in [2.75, 3.05) is 13.7 Å². The van der Waals surface area contributed by atoms with Crippen molar-refractivity contribution in [3.63, 3.8) is 0 Å². The van der Waals surface area contributed by atoms with Gasteiger partial charge in [0.05, 0.1) is 13.2 Å². The summed E-state index contributed by atoms with van der Waals surface area (Å²) in [6.45, 7) is 1.43. The molecule has 3 aromatic rings. The maximum atomic E-state index is 14.0. The lowest BCUT2D eigenvalue weighted by atomic mass is 9.94. The molecule has 0 spiro atoms. The summed E-state index contributed by atoms with van der Waals surface area (Å²) in [5, 5.41) is 0. The maximum Gasteiger partial charge on any atom is 0.123 e. The summed E-state index contributed by atoms with van der Waals surface area (Å²) in [7, 11) is 2.04. The monoisotopic (exact) mass is 379 g/mol. The smallest absolute Gasteiger partial charge is 0.123 e. The SMILES string of the molecule is CN1Cc2cc(F)ccc2-c2ccc(F)cc2COC[C@@H]1Cc1ccccc1. The number of hydrogen-bond acceptors (Lipinski definition) is 2. The molecular formula is C24H23F2NO. The molecule has 0 amide bonds. The predicted octanol–water partition coefficient (Wildman–Crippen LogP) is 5.21. The van der Waals surface area contributed by atoms with E-state index in [1.807, 2.05) is 25.2 Å². The molecule has 0 aromatic heterocycles. The second-order valence-electron chi connectivity index (χ2n) is 7.38. The highest BCUT2D eigenvalue weighted by atomic mass is 19.1. The Bertz CT molecular complexity index is 958. The number of benzene rings is 3. The molecule has 0 saturated heterocycles. The quantitative estimate of drug-likeness (QED) is 0.606. The van der Waals surface area contributed by atoms with Crippen LogP contribution in [0, 0.1) is 11.6 Å². The second-order valence-corrected chi connectivity index (χ2v) is 7.38. The van der Waals surface area contributed by atoms with E-state index in [-0.39, 0.29) is 17.7 Å². The van der Waals surface area contributed by atoms with E-state index in [1.54, 1.807) is 18.2 Å². The topological polar surface area (TPSA) is 12.5 Å². The number of ether oxygens (including phenoxy) is 1. The van der Waals surface area contributed by atoms with Crippen LogP contribution in [0.2, 0.25) is 0 Å². The van der Waals surface area contributed by atoms with E-state index in [2.05, 4.69) is 17.0 Å². The van der Waals surface area contributed by atoms with Crippen molar-refractivity contribution < 1.29 is 13.5 Å². The van der Waals surface area contributed by atoms with Gasteiger partial charge in [-0.15, -0.1) is 0 Å². The number of hydrogen-bond donors (Lipinski definition) is 0. The molecule has 0 unspecified atom stereocenters. The van der Waals surface area contributed by atoms with Crippen molar-refractivity contribution in [1.82, 2.24) is 4.90 Å². The van der Waals surface area contributed by atoms with Gasteiger partial charge >= 0.3 is 0 Å². The van der Waals surface area contributed by atoms with E-state index < -0.39 is 0 Å². The Balaban J connectivity index is 1.72. The number of nitrogens with zero attached hydrogens (tertiary/aromatic N) is 1. The molecule has 0 aliphatic carbocycles. The highest BCUT2D eigenvalue weighted by Gasteiger charge is 2.21. The maximum absolute atomic E-state index is 14.0. The van der Waals surface area contributed by atoms with Crippen LogP contribution in [-0.2, 0) is 24.3 Å². The van der Waals surface area contributed by atoms with E-state index in [0.717, 1.165) is 28.7 Å². The Kier molecular flexibility index (Phi) is 5.51. The van der Waals surface area contributed by atoms with Crippen LogP contribution in [0.4, 0.5) is 8.78 Å². The fourth-order valence-electron chi connectivity index (χ4n) is 3.83. The standard InChI is InChI=1S/C24H23F2NO/c1-27-14-18-12-20(25)7-9-23(18)24-10-8-21(26)13-19(24)15-28-16-22(27)11-17-5-3-2-4-6-17/h2-10,12-13,22H,11,14-16H2,1H3/t22-/m0/s1. The van der Waals surface area contributed by atoms with E-state index >= 15 is 0 Å². The van der Waals surface area contributed by atoms with Crippen LogP contribution in [0.3, 0.4) is 0 Å². The van der Waals surface area contributed by atoms with Crippen LogP contribution in [0.15, 0.2) is 66.7 Å².